The zero-order valence-electron chi connectivity index (χ0n) is 15.9. The highest BCUT2D eigenvalue weighted by Gasteiger charge is 2.36. The van der Waals surface area contributed by atoms with Crippen LogP contribution in [0.3, 0.4) is 0 Å². The summed E-state index contributed by atoms with van der Waals surface area (Å²) in [5, 5.41) is 0. The Morgan fingerprint density at radius 2 is 2.00 bits per heavy atom. The lowest BCUT2D eigenvalue weighted by Gasteiger charge is -2.29. The number of halogens is 1. The van der Waals surface area contributed by atoms with Gasteiger partial charge in [-0.05, 0) is 31.5 Å². The third kappa shape index (κ3) is 3.56. The van der Waals surface area contributed by atoms with Gasteiger partial charge in [-0.3, -0.25) is 9.69 Å². The lowest BCUT2D eigenvalue weighted by molar-refractivity contribution is -0.125. The van der Waals surface area contributed by atoms with Crippen LogP contribution in [0.25, 0.3) is 0 Å². The van der Waals surface area contributed by atoms with Crippen LogP contribution in [-0.4, -0.2) is 68.9 Å². The number of morpholine rings is 1. The topological polar surface area (TPSA) is 62.3 Å². The lowest BCUT2D eigenvalue weighted by atomic mass is 10.2. The summed E-state index contributed by atoms with van der Waals surface area (Å²) >= 11 is 0. The highest BCUT2D eigenvalue weighted by molar-refractivity contribution is 5.95. The molecule has 3 aliphatic rings. The van der Waals surface area contributed by atoms with Crippen molar-refractivity contribution in [3.8, 4) is 0 Å². The number of hydrogen-bond acceptors (Lipinski definition) is 5. The normalized spacial score (nSPS) is 24.4. The van der Waals surface area contributed by atoms with Crippen molar-refractivity contribution in [3.05, 3.63) is 35.7 Å². The third-order valence-corrected chi connectivity index (χ3v) is 5.45. The Hall–Kier alpha value is -2.61. The monoisotopic (exact) mass is 389 g/mol. The average molecular weight is 389 g/mol. The first kappa shape index (κ1) is 18.7. The van der Waals surface area contributed by atoms with Gasteiger partial charge in [-0.25, -0.2) is 9.18 Å². The van der Waals surface area contributed by atoms with Crippen LogP contribution in [-0.2, 0) is 14.3 Å². The minimum atomic E-state index is -0.513. The Kier molecular flexibility index (Phi) is 5.21. The number of allylic oxidation sites excluding steroid dienone is 1. The summed E-state index contributed by atoms with van der Waals surface area (Å²) in [6.07, 6.45) is 1.61. The van der Waals surface area contributed by atoms with Crippen LogP contribution in [0.2, 0.25) is 0 Å². The molecule has 8 heteroatoms. The van der Waals surface area contributed by atoms with Gasteiger partial charge in [-0.15, -0.1) is 0 Å². The van der Waals surface area contributed by atoms with Gasteiger partial charge in [-0.1, -0.05) is 6.08 Å². The zero-order chi connectivity index (χ0) is 19.7. The quantitative estimate of drug-likeness (QED) is 0.739. The van der Waals surface area contributed by atoms with E-state index in [-0.39, 0.29) is 11.7 Å². The van der Waals surface area contributed by atoms with Crippen molar-refractivity contribution < 1.29 is 23.5 Å². The molecule has 0 N–H and O–H groups in total. The molecule has 3 heterocycles. The molecule has 0 bridgehead atoms. The maximum absolute atomic E-state index is 14.7. The molecule has 7 nitrogen and oxygen atoms in total. The number of likely N-dealkylation sites (tertiary alicyclic amines) is 1. The van der Waals surface area contributed by atoms with Crippen LogP contribution in [0.4, 0.5) is 20.6 Å². The minimum absolute atomic E-state index is 0.00194. The molecule has 28 heavy (non-hydrogen) atoms. The molecule has 4 rings (SSSR count). The summed E-state index contributed by atoms with van der Waals surface area (Å²) in [5.41, 5.74) is 1.77. The maximum atomic E-state index is 14.7. The number of carbonyl (C=O) groups is 2. The van der Waals surface area contributed by atoms with E-state index in [0.29, 0.717) is 63.7 Å². The van der Waals surface area contributed by atoms with Gasteiger partial charge in [0.05, 0.1) is 37.7 Å². The van der Waals surface area contributed by atoms with E-state index in [1.807, 2.05) is 17.9 Å². The van der Waals surface area contributed by atoms with Crippen molar-refractivity contribution in [1.29, 1.82) is 0 Å². The molecule has 150 valence electrons. The van der Waals surface area contributed by atoms with Crippen LogP contribution < -0.4 is 9.80 Å². The Labute approximate surface area is 163 Å². The number of cyclic esters (lactones) is 1. The van der Waals surface area contributed by atoms with Gasteiger partial charge >= 0.3 is 6.09 Å². The molecule has 0 spiro atoms. The predicted molar refractivity (Wildman–Crippen MR) is 102 cm³/mol. The fourth-order valence-electron chi connectivity index (χ4n) is 3.91. The molecule has 0 aromatic heterocycles. The summed E-state index contributed by atoms with van der Waals surface area (Å²) < 4.78 is 25.4. The number of rotatable bonds is 4. The smallest absolute Gasteiger partial charge is 0.414 e. The van der Waals surface area contributed by atoms with Gasteiger partial charge in [0.25, 0.3) is 0 Å². The van der Waals surface area contributed by atoms with Gasteiger partial charge in [0, 0.05) is 25.2 Å². The van der Waals surface area contributed by atoms with Crippen molar-refractivity contribution in [1.82, 2.24) is 4.90 Å². The highest BCUT2D eigenvalue weighted by atomic mass is 19.1. The molecule has 0 aliphatic carbocycles. The number of benzene rings is 1. The Balaban J connectivity index is 1.43. The van der Waals surface area contributed by atoms with Crippen molar-refractivity contribution >= 4 is 23.4 Å². The molecule has 3 saturated heterocycles. The molecule has 1 atom stereocenters. The average Bonchev–Trinajstić information content (AvgIpc) is 3.25. The third-order valence-electron chi connectivity index (χ3n) is 5.45. The van der Waals surface area contributed by atoms with Crippen LogP contribution in [0, 0.1) is 5.82 Å². The van der Waals surface area contributed by atoms with Crippen LogP contribution in [0.5, 0.6) is 0 Å². The van der Waals surface area contributed by atoms with E-state index in [2.05, 4.69) is 0 Å². The van der Waals surface area contributed by atoms with E-state index in [9.17, 15) is 14.0 Å². The van der Waals surface area contributed by atoms with Crippen molar-refractivity contribution in [3.63, 3.8) is 0 Å². The zero-order valence-corrected chi connectivity index (χ0v) is 15.9. The second-order valence-electron chi connectivity index (χ2n) is 7.17. The highest BCUT2D eigenvalue weighted by Crippen LogP contribution is 2.29. The number of anilines is 2. The van der Waals surface area contributed by atoms with E-state index >= 15 is 0 Å². The molecule has 0 unspecified atom stereocenters. The maximum Gasteiger partial charge on any atom is 0.414 e. The number of hydrogen-bond donors (Lipinski definition) is 0. The van der Waals surface area contributed by atoms with E-state index < -0.39 is 12.2 Å². The first-order valence-electron chi connectivity index (χ1n) is 9.61. The summed E-state index contributed by atoms with van der Waals surface area (Å²) in [6, 6.07) is 4.79. The lowest BCUT2D eigenvalue weighted by Crippen LogP contribution is -2.37. The molecular weight excluding hydrogens is 365 g/mol. The van der Waals surface area contributed by atoms with Gasteiger partial charge < -0.3 is 19.3 Å². The Morgan fingerprint density at radius 1 is 1.21 bits per heavy atom. The summed E-state index contributed by atoms with van der Waals surface area (Å²) in [6.45, 7) is 5.57. The van der Waals surface area contributed by atoms with Crippen molar-refractivity contribution in [2.75, 3.05) is 55.7 Å². The number of amides is 2. The van der Waals surface area contributed by atoms with Gasteiger partial charge in [0.1, 0.15) is 11.9 Å². The first-order chi connectivity index (χ1) is 13.6. The van der Waals surface area contributed by atoms with Gasteiger partial charge in [-0.2, -0.15) is 0 Å². The van der Waals surface area contributed by atoms with Crippen LogP contribution in [0.1, 0.15) is 13.3 Å². The van der Waals surface area contributed by atoms with E-state index in [1.165, 1.54) is 11.0 Å². The van der Waals surface area contributed by atoms with Crippen LogP contribution >= 0.6 is 0 Å². The van der Waals surface area contributed by atoms with Crippen LogP contribution in [0.15, 0.2) is 29.8 Å². The summed E-state index contributed by atoms with van der Waals surface area (Å²) in [7, 11) is 0. The number of carbonyl (C=O) groups excluding carboxylic acids is 2. The second-order valence-corrected chi connectivity index (χ2v) is 7.17. The molecule has 0 saturated carbocycles. The Bertz CT molecular complexity index is 807. The minimum Gasteiger partial charge on any atom is -0.442 e. The summed E-state index contributed by atoms with van der Waals surface area (Å²) in [4.78, 5) is 29.6. The Morgan fingerprint density at radius 3 is 2.68 bits per heavy atom. The van der Waals surface area contributed by atoms with Crippen molar-refractivity contribution in [2.24, 2.45) is 0 Å². The second kappa shape index (κ2) is 7.79. The number of nitrogens with zero attached hydrogens (tertiary/aromatic N) is 3. The summed E-state index contributed by atoms with van der Waals surface area (Å²) in [5.74, 6) is -0.374. The van der Waals surface area contributed by atoms with E-state index in [4.69, 9.17) is 9.47 Å². The van der Waals surface area contributed by atoms with E-state index in [0.717, 1.165) is 5.57 Å². The van der Waals surface area contributed by atoms with Gasteiger partial charge in [0.2, 0.25) is 5.91 Å². The molecule has 3 aliphatic heterocycles. The molecular formula is C20H24FN3O4. The molecule has 2 amide bonds. The first-order valence-corrected chi connectivity index (χ1v) is 9.61. The van der Waals surface area contributed by atoms with E-state index in [1.54, 1.807) is 17.0 Å². The SMILES string of the molecule is C/C=C1/CCN(C[C@H]2CN(c3ccc(N4CCOCC4)c(F)c3)C(=O)O2)C1=O. The number of ether oxygens (including phenoxy) is 2. The van der Waals surface area contributed by atoms with Gasteiger partial charge in [0.15, 0.2) is 0 Å². The van der Waals surface area contributed by atoms with Crippen molar-refractivity contribution in [2.45, 2.75) is 19.4 Å². The molecule has 1 aromatic carbocycles. The molecule has 0 radical (unpaired) electrons. The fourth-order valence-corrected chi connectivity index (χ4v) is 3.91. The standard InChI is InChI=1S/C20H24FN3O4/c1-2-14-5-6-23(19(14)25)12-16-13-24(20(26)28-16)15-3-4-18(17(21)11-15)22-7-9-27-10-8-22/h2-4,11,16H,5-10,12-13H2,1H3/b14-2-/t16-/m0/s1. The molecule has 1 aromatic rings. The predicted octanol–water partition coefficient (Wildman–Crippen LogP) is 2.17. The fraction of sp³-hybridized carbons (Fsp3) is 0.500. The largest absolute Gasteiger partial charge is 0.442 e. The molecule has 3 fully saturated rings.